The molecule has 0 aromatic carbocycles. The summed E-state index contributed by atoms with van der Waals surface area (Å²) in [4.78, 5) is 4.70. The Hall–Kier alpha value is -0.380. The van der Waals surface area contributed by atoms with Crippen molar-refractivity contribution in [2.75, 3.05) is 13.2 Å². The van der Waals surface area contributed by atoms with E-state index in [2.05, 4.69) is 6.58 Å². The second-order valence-corrected chi connectivity index (χ2v) is 1.66. The Bertz CT molecular complexity index is 75.5. The predicted molar refractivity (Wildman–Crippen MR) is 34.9 cm³/mol. The van der Waals surface area contributed by atoms with Gasteiger partial charge in [-0.2, -0.15) is 0 Å². The van der Waals surface area contributed by atoms with Crippen LogP contribution >= 0.6 is 0 Å². The lowest BCUT2D eigenvalue weighted by atomic mass is 10.5. The van der Waals surface area contributed by atoms with E-state index >= 15 is 0 Å². The molecule has 0 radical (unpaired) electrons. The molecule has 0 aromatic rings. The van der Waals surface area contributed by atoms with E-state index in [9.17, 15) is 0 Å². The summed E-state index contributed by atoms with van der Waals surface area (Å²) in [6.07, 6.45) is 2.45. The van der Waals surface area contributed by atoms with Gasteiger partial charge in [-0.3, -0.25) is 10.0 Å². The molecule has 3 nitrogen and oxygen atoms in total. The van der Waals surface area contributed by atoms with Gasteiger partial charge in [-0.25, -0.2) is 0 Å². The maximum atomic E-state index is 8.74. The van der Waals surface area contributed by atoms with Crippen LogP contribution in [0.4, 0.5) is 0 Å². The van der Waals surface area contributed by atoms with Gasteiger partial charge in [-0.1, -0.05) is 18.2 Å². The molecule has 0 heterocycles. The Balaban J connectivity index is 3.04. The number of nitrogens with zero attached hydrogens (tertiary/aromatic N) is 1. The summed E-state index contributed by atoms with van der Waals surface area (Å²) in [5.41, 5.74) is 0. The second kappa shape index (κ2) is 5.75. The molecular formula is C6H13NO2. The minimum Gasteiger partial charge on any atom is -0.290 e. The SMILES string of the molecule is C=CCON(O)CCC. The predicted octanol–water partition coefficient (Wildman–Crippen LogP) is 1.21. The Labute approximate surface area is 55.5 Å². The van der Waals surface area contributed by atoms with Crippen LogP contribution < -0.4 is 0 Å². The second-order valence-electron chi connectivity index (χ2n) is 1.66. The fourth-order valence-corrected chi connectivity index (χ4v) is 0.395. The zero-order valence-corrected chi connectivity index (χ0v) is 5.71. The van der Waals surface area contributed by atoms with Gasteiger partial charge >= 0.3 is 0 Å². The fourth-order valence-electron chi connectivity index (χ4n) is 0.395. The molecule has 54 valence electrons. The average molecular weight is 131 g/mol. The highest BCUT2D eigenvalue weighted by molar-refractivity contribution is 4.62. The highest BCUT2D eigenvalue weighted by Gasteiger charge is 1.93. The summed E-state index contributed by atoms with van der Waals surface area (Å²) in [6.45, 7) is 6.28. The summed E-state index contributed by atoms with van der Waals surface area (Å²) in [7, 11) is 0. The first-order chi connectivity index (χ1) is 4.31. The molecule has 9 heavy (non-hydrogen) atoms. The summed E-state index contributed by atoms with van der Waals surface area (Å²) < 4.78 is 0. The molecule has 0 bridgehead atoms. The van der Waals surface area contributed by atoms with Gasteiger partial charge in [0.2, 0.25) is 0 Å². The maximum Gasteiger partial charge on any atom is 0.0890 e. The third-order valence-electron chi connectivity index (χ3n) is 0.756. The van der Waals surface area contributed by atoms with Crippen molar-refractivity contribution >= 4 is 0 Å². The van der Waals surface area contributed by atoms with E-state index in [0.29, 0.717) is 13.2 Å². The standard InChI is InChI=1S/C6H13NO2/c1-3-5-7(8)9-6-4-2/h4,8H,2-3,5-6H2,1H3. The van der Waals surface area contributed by atoms with E-state index in [0.717, 1.165) is 11.6 Å². The van der Waals surface area contributed by atoms with Crippen molar-refractivity contribution in [2.24, 2.45) is 0 Å². The minimum atomic E-state index is 0.358. The largest absolute Gasteiger partial charge is 0.290 e. The Morgan fingerprint density at radius 1 is 1.78 bits per heavy atom. The van der Waals surface area contributed by atoms with E-state index in [4.69, 9.17) is 10.0 Å². The Morgan fingerprint density at radius 2 is 2.44 bits per heavy atom. The molecule has 0 aliphatic heterocycles. The van der Waals surface area contributed by atoms with Gasteiger partial charge in [-0.15, -0.1) is 6.58 Å². The molecule has 0 atom stereocenters. The monoisotopic (exact) mass is 131 g/mol. The smallest absolute Gasteiger partial charge is 0.0890 e. The van der Waals surface area contributed by atoms with Crippen molar-refractivity contribution in [1.82, 2.24) is 5.23 Å². The fraction of sp³-hybridized carbons (Fsp3) is 0.667. The summed E-state index contributed by atoms with van der Waals surface area (Å²) in [5.74, 6) is 0. The summed E-state index contributed by atoms with van der Waals surface area (Å²) in [5, 5.41) is 9.56. The summed E-state index contributed by atoms with van der Waals surface area (Å²) >= 11 is 0. The maximum absolute atomic E-state index is 8.74. The van der Waals surface area contributed by atoms with Crippen molar-refractivity contribution in [1.29, 1.82) is 0 Å². The molecule has 0 rings (SSSR count). The van der Waals surface area contributed by atoms with Gasteiger partial charge < -0.3 is 0 Å². The van der Waals surface area contributed by atoms with Crippen LogP contribution in [0.25, 0.3) is 0 Å². The van der Waals surface area contributed by atoms with Gasteiger partial charge in [0, 0.05) is 0 Å². The molecule has 0 amide bonds. The van der Waals surface area contributed by atoms with Crippen LogP contribution in [0.3, 0.4) is 0 Å². The minimum absolute atomic E-state index is 0.358. The van der Waals surface area contributed by atoms with E-state index in [-0.39, 0.29) is 0 Å². The first kappa shape index (κ1) is 8.62. The van der Waals surface area contributed by atoms with Gasteiger partial charge in [0.25, 0.3) is 0 Å². The molecule has 0 saturated heterocycles. The van der Waals surface area contributed by atoms with Crippen LogP contribution in [-0.4, -0.2) is 23.6 Å². The summed E-state index contributed by atoms with van der Waals surface area (Å²) in [6, 6.07) is 0. The van der Waals surface area contributed by atoms with Crippen LogP contribution in [0.2, 0.25) is 0 Å². The van der Waals surface area contributed by atoms with Crippen LogP contribution in [0, 0.1) is 0 Å². The topological polar surface area (TPSA) is 32.7 Å². The van der Waals surface area contributed by atoms with E-state index in [1.54, 1.807) is 6.08 Å². The first-order valence-electron chi connectivity index (χ1n) is 3.01. The quantitative estimate of drug-likeness (QED) is 0.449. The van der Waals surface area contributed by atoms with Crippen LogP contribution in [0.15, 0.2) is 12.7 Å². The zero-order valence-electron chi connectivity index (χ0n) is 5.71. The van der Waals surface area contributed by atoms with Crippen molar-refractivity contribution in [3.63, 3.8) is 0 Å². The average Bonchev–Trinajstić information content (AvgIpc) is 1.85. The van der Waals surface area contributed by atoms with Crippen molar-refractivity contribution in [2.45, 2.75) is 13.3 Å². The molecular weight excluding hydrogens is 118 g/mol. The number of hydrogen-bond donors (Lipinski definition) is 1. The third-order valence-corrected chi connectivity index (χ3v) is 0.756. The van der Waals surface area contributed by atoms with E-state index in [1.807, 2.05) is 6.92 Å². The van der Waals surface area contributed by atoms with Crippen LogP contribution in [0.1, 0.15) is 13.3 Å². The van der Waals surface area contributed by atoms with Gasteiger partial charge in [0.1, 0.15) is 0 Å². The lowest BCUT2D eigenvalue weighted by Crippen LogP contribution is -2.20. The van der Waals surface area contributed by atoms with Crippen molar-refractivity contribution in [3.05, 3.63) is 12.7 Å². The van der Waals surface area contributed by atoms with Gasteiger partial charge in [0.15, 0.2) is 0 Å². The van der Waals surface area contributed by atoms with Gasteiger partial charge in [-0.05, 0) is 6.42 Å². The van der Waals surface area contributed by atoms with E-state index in [1.165, 1.54) is 0 Å². The lowest BCUT2D eigenvalue weighted by molar-refractivity contribution is -0.334. The normalized spacial score (nSPS) is 10.1. The van der Waals surface area contributed by atoms with Crippen molar-refractivity contribution in [3.8, 4) is 0 Å². The lowest BCUT2D eigenvalue weighted by Gasteiger charge is -2.10. The number of rotatable bonds is 5. The number of hydroxylamine groups is 2. The molecule has 0 fully saturated rings. The van der Waals surface area contributed by atoms with Crippen LogP contribution in [-0.2, 0) is 4.84 Å². The Morgan fingerprint density at radius 3 is 2.89 bits per heavy atom. The molecule has 1 N–H and O–H groups in total. The molecule has 0 aromatic heterocycles. The molecule has 0 spiro atoms. The number of hydrogen-bond acceptors (Lipinski definition) is 3. The third kappa shape index (κ3) is 5.49. The molecule has 0 unspecified atom stereocenters. The van der Waals surface area contributed by atoms with Crippen LogP contribution in [0.5, 0.6) is 0 Å². The molecule has 3 heteroatoms. The van der Waals surface area contributed by atoms with E-state index < -0.39 is 0 Å². The Kier molecular flexibility index (Phi) is 5.51. The molecule has 0 aliphatic carbocycles. The van der Waals surface area contributed by atoms with Crippen molar-refractivity contribution < 1.29 is 10.0 Å². The highest BCUT2D eigenvalue weighted by atomic mass is 16.9. The zero-order chi connectivity index (χ0) is 7.11. The molecule has 0 saturated carbocycles. The first-order valence-corrected chi connectivity index (χ1v) is 3.01. The molecule has 0 aliphatic rings. The highest BCUT2D eigenvalue weighted by Crippen LogP contribution is 1.86. The van der Waals surface area contributed by atoms with Gasteiger partial charge in [0.05, 0.1) is 13.2 Å².